The van der Waals surface area contributed by atoms with Gasteiger partial charge in [-0.2, -0.15) is 9.19 Å². The molecule has 47 heavy (non-hydrogen) atoms. The van der Waals surface area contributed by atoms with E-state index in [2.05, 4.69) is 42.6 Å². The van der Waals surface area contributed by atoms with Crippen LogP contribution < -0.4 is 21.1 Å². The molecule has 3 fully saturated rings. The Balaban J connectivity index is 1.17. The number of likely N-dealkylation sites (tertiary alicyclic amines) is 1. The zero-order valence-electron chi connectivity index (χ0n) is 26.1. The van der Waals surface area contributed by atoms with Crippen molar-refractivity contribution in [2.24, 2.45) is 5.73 Å². The second kappa shape index (κ2) is 12.6. The number of nitrogens with two attached hydrogens (primary N) is 1. The number of piperidine rings is 1. The monoisotopic (exact) mass is 667 g/mol. The van der Waals surface area contributed by atoms with E-state index >= 15 is 4.39 Å². The van der Waals surface area contributed by atoms with Gasteiger partial charge in [-0.1, -0.05) is 0 Å². The third kappa shape index (κ3) is 6.74. The van der Waals surface area contributed by atoms with Crippen molar-refractivity contribution in [1.29, 1.82) is 0 Å². The van der Waals surface area contributed by atoms with E-state index in [4.69, 9.17) is 10.5 Å². The Hall–Kier alpha value is -3.95. The average Bonchev–Trinajstić information content (AvgIpc) is 3.81. The summed E-state index contributed by atoms with van der Waals surface area (Å²) in [6.07, 6.45) is 13.3. The second-order valence-electron chi connectivity index (χ2n) is 13.0. The van der Waals surface area contributed by atoms with Crippen molar-refractivity contribution >= 4 is 15.6 Å². The molecule has 15 heteroatoms. The highest BCUT2D eigenvalue weighted by molar-refractivity contribution is 7.90. The number of allylic oxidation sites excluding steroid dienone is 1. The molecule has 1 saturated heterocycles. The minimum atomic E-state index is -3.60. The van der Waals surface area contributed by atoms with Crippen LogP contribution in [0.5, 0.6) is 5.75 Å². The predicted octanol–water partition coefficient (Wildman–Crippen LogP) is 3.20. The van der Waals surface area contributed by atoms with Crippen molar-refractivity contribution in [2.75, 3.05) is 20.1 Å². The fourth-order valence-electron chi connectivity index (χ4n) is 6.28. The van der Waals surface area contributed by atoms with Gasteiger partial charge in [-0.3, -0.25) is 4.98 Å². The largest absolute Gasteiger partial charge is 0.489 e. The number of ether oxygens (including phenoxy) is 1. The van der Waals surface area contributed by atoms with E-state index in [9.17, 15) is 12.8 Å². The molecule has 0 radical (unpaired) electrons. The van der Waals surface area contributed by atoms with E-state index in [1.807, 2.05) is 12.1 Å². The number of halogens is 2. The molecular weight excluding hydrogens is 628 g/mol. The number of dihydropyridines is 1. The minimum absolute atomic E-state index is 0.0175. The number of nitrogens with one attached hydrogen (secondary N) is 2. The lowest BCUT2D eigenvalue weighted by atomic mass is 9.91. The molecule has 1 atom stereocenters. The third-order valence-corrected chi connectivity index (χ3v) is 11.3. The molecule has 4 N–H and O–H groups in total. The van der Waals surface area contributed by atoms with E-state index in [1.165, 1.54) is 12.4 Å². The first-order valence-corrected chi connectivity index (χ1v) is 17.6. The van der Waals surface area contributed by atoms with Crippen LogP contribution in [0.1, 0.15) is 62.8 Å². The van der Waals surface area contributed by atoms with Crippen molar-refractivity contribution in [3.8, 4) is 17.1 Å². The maximum Gasteiger partial charge on any atom is 0.256 e. The molecule has 250 valence electrons. The molecule has 4 aliphatic rings. The zero-order chi connectivity index (χ0) is 32.8. The standard InChI is InChI=1S/C32H39F2N9O3S/c1-42-12-10-23(11-13-42)46-24-6-9-28(36-16-24)26-17-38-32(35,14-29(26)40-22-4-2-21(33)3-5-22)30-27(34)18-37-31(41-30)20-15-39-43(19-20)47(44,45)25-7-8-25/h6,9,14-19,21-23,25,38,40H,2-5,7-8,10-13,35H2,1H3. The SMILES string of the molecule is CN1CCC(Oc2ccc(C3=CNC(N)(c4nc(-c5cnn(S(=O)(=O)C6CC6)c5)ncc4F)C=C3NC3CCC(F)CC3)nc2)CC1. The molecule has 3 aromatic heterocycles. The minimum Gasteiger partial charge on any atom is -0.489 e. The first-order valence-electron chi connectivity index (χ1n) is 16.1. The van der Waals surface area contributed by atoms with E-state index < -0.39 is 32.9 Å². The highest BCUT2D eigenvalue weighted by Crippen LogP contribution is 2.34. The summed E-state index contributed by atoms with van der Waals surface area (Å²) in [6.45, 7) is 1.97. The maximum absolute atomic E-state index is 15.4. The molecule has 12 nitrogen and oxygen atoms in total. The number of aromatic nitrogens is 5. The Labute approximate surface area is 272 Å². The van der Waals surface area contributed by atoms with E-state index in [0.29, 0.717) is 66.8 Å². The van der Waals surface area contributed by atoms with Crippen LogP contribution in [0, 0.1) is 5.82 Å². The van der Waals surface area contributed by atoms with Crippen molar-refractivity contribution < 1.29 is 21.9 Å². The molecule has 2 saturated carbocycles. The molecular formula is C32H39F2N9O3S. The van der Waals surface area contributed by atoms with Crippen molar-refractivity contribution in [3.63, 3.8) is 0 Å². The number of rotatable bonds is 9. The number of nitrogens with zero attached hydrogens (tertiary/aromatic N) is 6. The van der Waals surface area contributed by atoms with Crippen LogP contribution in [0.25, 0.3) is 17.0 Å². The molecule has 5 heterocycles. The smallest absolute Gasteiger partial charge is 0.256 e. The maximum atomic E-state index is 15.4. The van der Waals surface area contributed by atoms with Crippen LogP contribution in [0.4, 0.5) is 8.78 Å². The van der Waals surface area contributed by atoms with Crippen molar-refractivity contribution in [2.45, 2.75) is 80.6 Å². The second-order valence-corrected chi connectivity index (χ2v) is 15.0. The van der Waals surface area contributed by atoms with Crippen LogP contribution in [-0.2, 0) is 15.7 Å². The first kappa shape index (κ1) is 31.6. The molecule has 1 unspecified atom stereocenters. The summed E-state index contributed by atoms with van der Waals surface area (Å²) in [6, 6.07) is 3.74. The lowest BCUT2D eigenvalue weighted by Gasteiger charge is -2.35. The highest BCUT2D eigenvalue weighted by atomic mass is 32.2. The van der Waals surface area contributed by atoms with Crippen LogP contribution in [0.3, 0.4) is 0 Å². The fraction of sp³-hybridized carbons (Fsp3) is 0.500. The van der Waals surface area contributed by atoms with Crippen molar-refractivity contribution in [3.05, 3.63) is 72.1 Å². The normalized spacial score (nSPS) is 25.9. The Bertz CT molecular complexity index is 1780. The Kier molecular flexibility index (Phi) is 8.47. The topological polar surface area (TPSA) is 153 Å². The molecule has 2 aliphatic carbocycles. The number of hydrogen-bond donors (Lipinski definition) is 3. The lowest BCUT2D eigenvalue weighted by molar-refractivity contribution is 0.114. The summed E-state index contributed by atoms with van der Waals surface area (Å²) in [7, 11) is -1.49. The van der Waals surface area contributed by atoms with Crippen LogP contribution in [0.15, 0.2) is 54.9 Å². The van der Waals surface area contributed by atoms with Crippen molar-refractivity contribution in [1.82, 2.24) is 39.7 Å². The van der Waals surface area contributed by atoms with Gasteiger partial charge in [0.2, 0.25) is 0 Å². The summed E-state index contributed by atoms with van der Waals surface area (Å²) in [5, 5.41) is 10.2. The van der Waals surface area contributed by atoms with Gasteiger partial charge in [0.05, 0.1) is 41.3 Å². The van der Waals surface area contributed by atoms with Crippen LogP contribution >= 0.6 is 0 Å². The first-order chi connectivity index (χ1) is 22.6. The van der Waals surface area contributed by atoms with Crippen LogP contribution in [-0.4, -0.2) is 81.2 Å². The van der Waals surface area contributed by atoms with E-state index in [-0.39, 0.29) is 23.7 Å². The van der Waals surface area contributed by atoms with Crippen LogP contribution in [0.2, 0.25) is 0 Å². The molecule has 2 aliphatic heterocycles. The van der Waals surface area contributed by atoms with Gasteiger partial charge in [0.1, 0.15) is 23.7 Å². The quantitative estimate of drug-likeness (QED) is 0.308. The van der Waals surface area contributed by atoms with Gasteiger partial charge in [-0.05, 0) is 76.6 Å². The molecule has 3 aromatic rings. The van der Waals surface area contributed by atoms with Gasteiger partial charge >= 0.3 is 0 Å². The van der Waals surface area contributed by atoms with Gasteiger partial charge < -0.3 is 26.0 Å². The van der Waals surface area contributed by atoms with Gasteiger partial charge in [0.25, 0.3) is 10.0 Å². The zero-order valence-corrected chi connectivity index (χ0v) is 27.0. The lowest BCUT2D eigenvalue weighted by Crippen LogP contribution is -2.51. The molecule has 0 aromatic carbocycles. The molecule has 0 spiro atoms. The Morgan fingerprint density at radius 1 is 1.04 bits per heavy atom. The Morgan fingerprint density at radius 2 is 1.81 bits per heavy atom. The van der Waals surface area contributed by atoms with Gasteiger partial charge in [0.15, 0.2) is 17.3 Å². The highest BCUT2D eigenvalue weighted by Gasteiger charge is 2.38. The summed E-state index contributed by atoms with van der Waals surface area (Å²) in [5.74, 6) is 0.0104. The summed E-state index contributed by atoms with van der Waals surface area (Å²) in [5.41, 5.74) is 7.32. The fourth-order valence-corrected chi connectivity index (χ4v) is 7.76. The summed E-state index contributed by atoms with van der Waals surface area (Å²) in [4.78, 5) is 15.5. The number of hydrogen-bond acceptors (Lipinski definition) is 11. The van der Waals surface area contributed by atoms with Gasteiger partial charge in [-0.25, -0.2) is 27.2 Å². The van der Waals surface area contributed by atoms with E-state index in [0.717, 1.165) is 36.2 Å². The third-order valence-electron chi connectivity index (χ3n) is 9.28. The Morgan fingerprint density at radius 3 is 2.51 bits per heavy atom. The van der Waals surface area contributed by atoms with E-state index in [1.54, 1.807) is 18.5 Å². The van der Waals surface area contributed by atoms with Gasteiger partial charge in [0, 0.05) is 36.6 Å². The predicted molar refractivity (Wildman–Crippen MR) is 171 cm³/mol. The summed E-state index contributed by atoms with van der Waals surface area (Å²) >= 11 is 0. The van der Waals surface area contributed by atoms with Gasteiger partial charge in [-0.15, -0.1) is 0 Å². The number of alkyl halides is 1. The average molecular weight is 668 g/mol. The molecule has 0 bridgehead atoms. The molecule has 7 rings (SSSR count). The number of pyridine rings is 1. The summed E-state index contributed by atoms with van der Waals surface area (Å²) < 4.78 is 61.8. The molecule has 0 amide bonds.